The van der Waals surface area contributed by atoms with Crippen molar-refractivity contribution in [3.05, 3.63) is 34.2 Å². The molecule has 2 nitrogen and oxygen atoms in total. The average molecular weight is 174 g/mol. The third kappa shape index (κ3) is 2.51. The molecular weight excluding hydrogens is 160 g/mol. The molecule has 0 aliphatic heterocycles. The molecule has 0 spiro atoms. The Balaban J connectivity index is 3.32. The van der Waals surface area contributed by atoms with Gasteiger partial charge in [-0.05, 0) is 26.8 Å². The molecule has 2 heteroatoms. The van der Waals surface area contributed by atoms with Gasteiger partial charge in [0, 0.05) is 12.4 Å². The van der Waals surface area contributed by atoms with E-state index in [1.165, 1.54) is 11.1 Å². The third-order valence-electron chi connectivity index (χ3n) is 1.95. The first-order valence-electron chi connectivity index (χ1n) is 4.23. The van der Waals surface area contributed by atoms with Crippen LogP contribution >= 0.6 is 0 Å². The molecule has 1 rings (SSSR count). The van der Waals surface area contributed by atoms with Gasteiger partial charge in [0.2, 0.25) is 0 Å². The van der Waals surface area contributed by atoms with Crippen molar-refractivity contribution >= 4 is 12.7 Å². The lowest BCUT2D eigenvalue weighted by atomic mass is 10.1. The predicted octanol–water partition coefficient (Wildman–Crippen LogP) is 1.02. The van der Waals surface area contributed by atoms with Crippen LogP contribution in [0, 0.1) is 0 Å². The van der Waals surface area contributed by atoms with E-state index in [0.717, 1.165) is 10.7 Å². The second kappa shape index (κ2) is 3.99. The molecule has 1 heterocycles. The van der Waals surface area contributed by atoms with Crippen LogP contribution in [-0.2, 0) is 0 Å². The molecular formula is C11H14N2. The predicted molar refractivity (Wildman–Crippen MR) is 55.3 cm³/mol. The summed E-state index contributed by atoms with van der Waals surface area (Å²) in [5.41, 5.74) is 2.50. The van der Waals surface area contributed by atoms with E-state index in [2.05, 4.69) is 37.3 Å². The van der Waals surface area contributed by atoms with Crippen molar-refractivity contribution in [2.75, 3.05) is 0 Å². The molecule has 0 radical (unpaired) electrons. The highest BCUT2D eigenvalue weighted by molar-refractivity contribution is 5.45. The zero-order valence-electron chi connectivity index (χ0n) is 8.33. The second-order valence-electron chi connectivity index (χ2n) is 3.22. The molecule has 0 bridgehead atoms. The molecule has 13 heavy (non-hydrogen) atoms. The van der Waals surface area contributed by atoms with E-state index in [1.807, 2.05) is 6.08 Å². The summed E-state index contributed by atoms with van der Waals surface area (Å²) in [7, 11) is 0. The molecule has 0 aliphatic carbocycles. The van der Waals surface area contributed by atoms with Crippen molar-refractivity contribution < 1.29 is 0 Å². The van der Waals surface area contributed by atoms with E-state index in [4.69, 9.17) is 0 Å². The lowest BCUT2D eigenvalue weighted by molar-refractivity contribution is 1.10. The van der Waals surface area contributed by atoms with Gasteiger partial charge in [-0.2, -0.15) is 0 Å². The lowest BCUT2D eigenvalue weighted by Crippen LogP contribution is -2.29. The van der Waals surface area contributed by atoms with Gasteiger partial charge in [0.05, 0.1) is 10.7 Å². The van der Waals surface area contributed by atoms with E-state index in [0.29, 0.717) is 0 Å². The van der Waals surface area contributed by atoms with Gasteiger partial charge in [-0.1, -0.05) is 17.7 Å². The Labute approximate surface area is 78.4 Å². The minimum atomic E-state index is 0.725. The van der Waals surface area contributed by atoms with Gasteiger partial charge in [0.15, 0.2) is 0 Å². The summed E-state index contributed by atoms with van der Waals surface area (Å²) in [6.07, 6.45) is 5.33. The number of nitrogens with zero attached hydrogens (tertiary/aromatic N) is 2. The Morgan fingerprint density at radius 3 is 2.38 bits per heavy atom. The second-order valence-corrected chi connectivity index (χ2v) is 3.22. The average Bonchev–Trinajstić information content (AvgIpc) is 2.08. The largest absolute Gasteiger partial charge is 0.254 e. The number of hydrogen-bond acceptors (Lipinski definition) is 2. The fourth-order valence-corrected chi connectivity index (χ4v) is 0.848. The van der Waals surface area contributed by atoms with Gasteiger partial charge in [-0.3, -0.25) is 9.97 Å². The smallest absolute Gasteiger partial charge is 0.0883 e. The van der Waals surface area contributed by atoms with Gasteiger partial charge in [0.25, 0.3) is 0 Å². The summed E-state index contributed by atoms with van der Waals surface area (Å²) in [6.45, 7) is 10.0. The summed E-state index contributed by atoms with van der Waals surface area (Å²) in [5.74, 6) is 0. The molecule has 0 saturated heterocycles. The van der Waals surface area contributed by atoms with Crippen LogP contribution in [0.4, 0.5) is 0 Å². The summed E-state index contributed by atoms with van der Waals surface area (Å²) in [4.78, 5) is 8.25. The molecule has 0 amide bonds. The van der Waals surface area contributed by atoms with Crippen LogP contribution in [0.1, 0.15) is 20.8 Å². The zero-order chi connectivity index (χ0) is 9.84. The van der Waals surface area contributed by atoms with Crippen LogP contribution in [0.5, 0.6) is 0 Å². The number of hydrogen-bond donors (Lipinski definition) is 0. The van der Waals surface area contributed by atoms with Gasteiger partial charge in [0.1, 0.15) is 0 Å². The van der Waals surface area contributed by atoms with Crippen LogP contribution in [0.15, 0.2) is 23.5 Å². The quantitative estimate of drug-likeness (QED) is 0.635. The zero-order valence-corrected chi connectivity index (χ0v) is 8.33. The Hall–Kier alpha value is -1.44. The maximum atomic E-state index is 4.19. The van der Waals surface area contributed by atoms with Crippen molar-refractivity contribution in [1.29, 1.82) is 0 Å². The molecule has 1 aromatic rings. The first-order valence-corrected chi connectivity index (χ1v) is 4.23. The Kier molecular flexibility index (Phi) is 2.96. The van der Waals surface area contributed by atoms with Crippen LogP contribution in [0.25, 0.3) is 12.7 Å². The Bertz CT molecular complexity index is 426. The number of aromatic nitrogens is 2. The van der Waals surface area contributed by atoms with Gasteiger partial charge >= 0.3 is 0 Å². The fraction of sp³-hybridized carbons (Fsp3) is 0.273. The van der Waals surface area contributed by atoms with Crippen molar-refractivity contribution in [2.45, 2.75) is 20.8 Å². The molecule has 1 aromatic heterocycles. The van der Waals surface area contributed by atoms with E-state index in [-0.39, 0.29) is 0 Å². The number of rotatable bonds is 1. The topological polar surface area (TPSA) is 25.8 Å². The molecule has 0 aromatic carbocycles. The Morgan fingerprint density at radius 1 is 1.23 bits per heavy atom. The molecule has 0 atom stereocenters. The van der Waals surface area contributed by atoms with Crippen LogP contribution < -0.4 is 10.7 Å². The lowest BCUT2D eigenvalue weighted by Gasteiger charge is -1.94. The minimum absolute atomic E-state index is 0.725. The van der Waals surface area contributed by atoms with Crippen LogP contribution in [-0.4, -0.2) is 9.97 Å². The SMILES string of the molecule is C=c1nccn/c1=C/C(C)=C(C)C. The van der Waals surface area contributed by atoms with E-state index in [1.54, 1.807) is 12.4 Å². The first-order chi connectivity index (χ1) is 6.11. The normalized spacial score (nSPS) is 11.5. The molecule has 0 unspecified atom stereocenters. The maximum Gasteiger partial charge on any atom is 0.0883 e. The van der Waals surface area contributed by atoms with E-state index >= 15 is 0 Å². The molecule has 0 N–H and O–H groups in total. The monoisotopic (exact) mass is 174 g/mol. The summed E-state index contributed by atoms with van der Waals surface area (Å²) in [6, 6.07) is 0. The van der Waals surface area contributed by atoms with Crippen molar-refractivity contribution in [3.63, 3.8) is 0 Å². The van der Waals surface area contributed by atoms with Gasteiger partial charge < -0.3 is 0 Å². The fourth-order valence-electron chi connectivity index (χ4n) is 0.848. The van der Waals surface area contributed by atoms with Crippen LogP contribution in [0.2, 0.25) is 0 Å². The molecule has 0 fully saturated rings. The molecule has 68 valence electrons. The highest BCUT2D eigenvalue weighted by Crippen LogP contribution is 2.01. The van der Waals surface area contributed by atoms with Gasteiger partial charge in [-0.25, -0.2) is 0 Å². The molecule has 0 saturated carbocycles. The van der Waals surface area contributed by atoms with Crippen molar-refractivity contribution in [2.24, 2.45) is 0 Å². The van der Waals surface area contributed by atoms with Crippen LogP contribution in [0.3, 0.4) is 0 Å². The maximum absolute atomic E-state index is 4.19. The van der Waals surface area contributed by atoms with E-state index in [9.17, 15) is 0 Å². The first kappa shape index (κ1) is 9.65. The molecule has 0 aliphatic rings. The summed E-state index contributed by atoms with van der Waals surface area (Å²) >= 11 is 0. The number of allylic oxidation sites excluding steroid dienone is 2. The van der Waals surface area contributed by atoms with Crippen molar-refractivity contribution in [1.82, 2.24) is 9.97 Å². The third-order valence-corrected chi connectivity index (χ3v) is 1.95. The Morgan fingerprint density at radius 2 is 1.85 bits per heavy atom. The highest BCUT2D eigenvalue weighted by Gasteiger charge is 1.88. The summed E-state index contributed by atoms with van der Waals surface area (Å²) < 4.78 is 0. The highest BCUT2D eigenvalue weighted by atomic mass is 14.7. The summed E-state index contributed by atoms with van der Waals surface area (Å²) in [5, 5.41) is 1.57. The van der Waals surface area contributed by atoms with Crippen molar-refractivity contribution in [3.8, 4) is 0 Å². The van der Waals surface area contributed by atoms with E-state index < -0.39 is 0 Å². The minimum Gasteiger partial charge on any atom is -0.254 e. The van der Waals surface area contributed by atoms with Gasteiger partial charge in [-0.15, -0.1) is 0 Å². The standard InChI is InChI=1S/C11H14N2/c1-8(2)9(3)7-11-10(4)12-5-6-13-11/h5-7H,4H2,1-3H3/b11-7+.